The van der Waals surface area contributed by atoms with Gasteiger partial charge in [0.2, 0.25) is 5.91 Å². The Morgan fingerprint density at radius 1 is 1.26 bits per heavy atom. The van der Waals surface area contributed by atoms with Crippen molar-refractivity contribution in [1.29, 1.82) is 0 Å². The van der Waals surface area contributed by atoms with Crippen LogP contribution in [0.15, 0.2) is 40.9 Å². The largest absolute Gasteiger partial charge is 0.465 e. The molecule has 0 saturated heterocycles. The molecule has 140 valence electrons. The van der Waals surface area contributed by atoms with Gasteiger partial charge in [0, 0.05) is 5.69 Å². The number of hydrogen-bond donors (Lipinski definition) is 1. The number of nitrogens with one attached hydrogen (secondary N) is 1. The van der Waals surface area contributed by atoms with Crippen molar-refractivity contribution in [2.24, 2.45) is 0 Å². The predicted octanol–water partition coefficient (Wildman–Crippen LogP) is 3.46. The molecule has 1 aromatic carbocycles. The number of benzene rings is 1. The van der Waals surface area contributed by atoms with Crippen molar-refractivity contribution in [3.63, 3.8) is 0 Å². The molecular weight excluding hydrogens is 384 g/mol. The second-order valence-corrected chi connectivity index (χ2v) is 7.55. The Labute approximate surface area is 164 Å². The summed E-state index contributed by atoms with van der Waals surface area (Å²) in [7, 11) is 1.31. The molecule has 0 aliphatic carbocycles. The van der Waals surface area contributed by atoms with Crippen LogP contribution in [-0.4, -0.2) is 39.5 Å². The lowest BCUT2D eigenvalue weighted by molar-refractivity contribution is -0.113. The zero-order chi connectivity index (χ0) is 19.4. The molecule has 2 aromatic heterocycles. The van der Waals surface area contributed by atoms with Gasteiger partial charge in [-0.25, -0.2) is 4.79 Å². The van der Waals surface area contributed by atoms with E-state index < -0.39 is 5.97 Å². The van der Waals surface area contributed by atoms with Crippen LogP contribution >= 0.6 is 23.1 Å². The molecule has 3 aromatic rings. The SMILES string of the molecule is COC(=O)c1sccc1NC(=O)CSc1nnc(C)n1-c1cccc(C)c1. The van der Waals surface area contributed by atoms with Gasteiger partial charge < -0.3 is 10.1 Å². The van der Waals surface area contributed by atoms with Gasteiger partial charge in [-0.05, 0) is 43.0 Å². The van der Waals surface area contributed by atoms with Crippen LogP contribution in [0.3, 0.4) is 0 Å². The highest BCUT2D eigenvalue weighted by atomic mass is 32.2. The summed E-state index contributed by atoms with van der Waals surface area (Å²) in [5.41, 5.74) is 2.53. The smallest absolute Gasteiger partial charge is 0.350 e. The van der Waals surface area contributed by atoms with Crippen molar-refractivity contribution in [2.45, 2.75) is 19.0 Å². The molecule has 0 aliphatic rings. The third-order valence-corrected chi connectivity index (χ3v) is 5.52. The van der Waals surface area contributed by atoms with E-state index in [0.717, 1.165) is 17.1 Å². The number of carbonyl (C=O) groups excluding carboxylic acids is 2. The summed E-state index contributed by atoms with van der Waals surface area (Å²) in [5.74, 6) is 0.178. The molecular formula is C18H18N4O3S2. The van der Waals surface area contributed by atoms with Gasteiger partial charge in [-0.2, -0.15) is 0 Å². The van der Waals surface area contributed by atoms with Gasteiger partial charge in [-0.15, -0.1) is 21.5 Å². The summed E-state index contributed by atoms with van der Waals surface area (Å²) in [6, 6.07) is 9.67. The lowest BCUT2D eigenvalue weighted by atomic mass is 10.2. The number of esters is 1. The van der Waals surface area contributed by atoms with E-state index in [-0.39, 0.29) is 11.7 Å². The summed E-state index contributed by atoms with van der Waals surface area (Å²) < 4.78 is 6.63. The first-order valence-corrected chi connectivity index (χ1v) is 9.93. The molecule has 2 heterocycles. The van der Waals surface area contributed by atoms with E-state index in [1.54, 1.807) is 11.4 Å². The van der Waals surface area contributed by atoms with Crippen molar-refractivity contribution in [3.05, 3.63) is 52.0 Å². The van der Waals surface area contributed by atoms with Gasteiger partial charge in [-0.3, -0.25) is 9.36 Å². The highest BCUT2D eigenvalue weighted by Crippen LogP contribution is 2.25. The first-order valence-electron chi connectivity index (χ1n) is 8.07. The summed E-state index contributed by atoms with van der Waals surface area (Å²) in [6.45, 7) is 3.89. The maximum Gasteiger partial charge on any atom is 0.350 e. The second-order valence-electron chi connectivity index (χ2n) is 5.70. The number of nitrogens with zero attached hydrogens (tertiary/aromatic N) is 3. The van der Waals surface area contributed by atoms with Crippen LogP contribution < -0.4 is 5.32 Å². The third-order valence-electron chi connectivity index (χ3n) is 3.70. The molecule has 7 nitrogen and oxygen atoms in total. The van der Waals surface area contributed by atoms with Crippen molar-refractivity contribution in [1.82, 2.24) is 14.8 Å². The second kappa shape index (κ2) is 8.36. The third kappa shape index (κ3) is 4.37. The van der Waals surface area contributed by atoms with E-state index in [0.29, 0.717) is 15.7 Å². The minimum Gasteiger partial charge on any atom is -0.465 e. The van der Waals surface area contributed by atoms with Crippen LogP contribution in [0.4, 0.5) is 5.69 Å². The lowest BCUT2D eigenvalue weighted by Crippen LogP contribution is -2.16. The van der Waals surface area contributed by atoms with Gasteiger partial charge >= 0.3 is 5.97 Å². The van der Waals surface area contributed by atoms with E-state index in [9.17, 15) is 9.59 Å². The van der Waals surface area contributed by atoms with E-state index in [2.05, 4.69) is 15.5 Å². The van der Waals surface area contributed by atoms with E-state index in [4.69, 9.17) is 4.74 Å². The van der Waals surface area contributed by atoms with E-state index in [1.807, 2.05) is 42.7 Å². The minimum atomic E-state index is -0.470. The maximum absolute atomic E-state index is 12.3. The number of thiophene rings is 1. The molecule has 3 rings (SSSR count). The zero-order valence-electron chi connectivity index (χ0n) is 15.1. The van der Waals surface area contributed by atoms with E-state index >= 15 is 0 Å². The number of hydrogen-bond acceptors (Lipinski definition) is 7. The van der Waals surface area contributed by atoms with Crippen molar-refractivity contribution >= 4 is 40.7 Å². The number of carbonyl (C=O) groups is 2. The van der Waals surface area contributed by atoms with Gasteiger partial charge in [-0.1, -0.05) is 23.9 Å². The first kappa shape index (κ1) is 19.1. The van der Waals surface area contributed by atoms with Crippen LogP contribution in [0.1, 0.15) is 21.1 Å². The number of ether oxygens (including phenoxy) is 1. The van der Waals surface area contributed by atoms with E-state index in [1.165, 1.54) is 30.2 Å². The molecule has 0 unspecified atom stereocenters. The molecule has 1 N–H and O–H groups in total. The molecule has 0 atom stereocenters. The molecule has 0 fully saturated rings. The Balaban J connectivity index is 1.70. The Hall–Kier alpha value is -2.65. The number of methoxy groups -OCH3 is 1. The molecule has 0 radical (unpaired) electrons. The van der Waals surface area contributed by atoms with Gasteiger partial charge in [0.15, 0.2) is 5.16 Å². The van der Waals surface area contributed by atoms with Gasteiger partial charge in [0.25, 0.3) is 0 Å². The zero-order valence-corrected chi connectivity index (χ0v) is 16.7. The number of aryl methyl sites for hydroxylation is 2. The van der Waals surface area contributed by atoms with Crippen molar-refractivity contribution in [2.75, 3.05) is 18.2 Å². The Morgan fingerprint density at radius 3 is 2.81 bits per heavy atom. The highest BCUT2D eigenvalue weighted by Gasteiger charge is 2.17. The molecule has 9 heteroatoms. The fourth-order valence-corrected chi connectivity index (χ4v) is 4.04. The molecule has 0 aliphatic heterocycles. The van der Waals surface area contributed by atoms with Crippen LogP contribution in [0.2, 0.25) is 0 Å². The average molecular weight is 403 g/mol. The molecule has 0 spiro atoms. The van der Waals surface area contributed by atoms with Crippen LogP contribution in [0.5, 0.6) is 0 Å². The summed E-state index contributed by atoms with van der Waals surface area (Å²) in [6.07, 6.45) is 0. The summed E-state index contributed by atoms with van der Waals surface area (Å²) in [5, 5.41) is 13.4. The highest BCUT2D eigenvalue weighted by molar-refractivity contribution is 7.99. The standard InChI is InChI=1S/C18H18N4O3S2/c1-11-5-4-6-13(9-11)22-12(2)20-21-18(22)27-10-15(23)19-14-7-8-26-16(14)17(24)25-3/h4-9H,10H2,1-3H3,(H,19,23). The van der Waals surface area contributed by atoms with Crippen molar-refractivity contribution < 1.29 is 14.3 Å². The fraction of sp³-hybridized carbons (Fsp3) is 0.222. The topological polar surface area (TPSA) is 86.1 Å². The van der Waals surface area contributed by atoms with Crippen LogP contribution in [-0.2, 0) is 9.53 Å². The average Bonchev–Trinajstić information content (AvgIpc) is 3.25. The van der Waals surface area contributed by atoms with Crippen LogP contribution in [0.25, 0.3) is 5.69 Å². The monoisotopic (exact) mass is 402 g/mol. The molecule has 1 amide bonds. The number of rotatable bonds is 6. The Kier molecular flexibility index (Phi) is 5.92. The normalized spacial score (nSPS) is 10.6. The lowest BCUT2D eigenvalue weighted by Gasteiger charge is -2.09. The number of thioether (sulfide) groups is 1. The molecule has 0 saturated carbocycles. The summed E-state index contributed by atoms with van der Waals surface area (Å²) >= 11 is 2.50. The van der Waals surface area contributed by atoms with Crippen LogP contribution in [0, 0.1) is 13.8 Å². The minimum absolute atomic E-state index is 0.139. The van der Waals surface area contributed by atoms with Crippen molar-refractivity contribution in [3.8, 4) is 5.69 Å². The predicted molar refractivity (Wildman–Crippen MR) is 106 cm³/mol. The molecule has 27 heavy (non-hydrogen) atoms. The Bertz CT molecular complexity index is 981. The van der Waals surface area contributed by atoms with Gasteiger partial charge in [0.05, 0.1) is 18.6 Å². The number of amides is 1. The Morgan fingerprint density at radius 2 is 2.07 bits per heavy atom. The maximum atomic E-state index is 12.3. The number of aromatic nitrogens is 3. The first-order chi connectivity index (χ1) is 13.0. The quantitative estimate of drug-likeness (QED) is 0.502. The fourth-order valence-electron chi connectivity index (χ4n) is 2.48. The van der Waals surface area contributed by atoms with Gasteiger partial charge in [0.1, 0.15) is 10.7 Å². The molecule has 0 bridgehead atoms. The summed E-state index contributed by atoms with van der Waals surface area (Å²) in [4.78, 5) is 24.4. The number of anilines is 1.